The smallest absolute Gasteiger partial charge is 0.269 e. The summed E-state index contributed by atoms with van der Waals surface area (Å²) in [5.41, 5.74) is 6.95. The molecule has 1 atom stereocenters. The van der Waals surface area contributed by atoms with Gasteiger partial charge in [-0.2, -0.15) is 5.10 Å². The molecule has 1 aromatic carbocycles. The number of carbonyl (C=O) groups excluding carboxylic acids is 4. The number of aromatic nitrogens is 3. The Labute approximate surface area is 230 Å². The molecule has 3 amide bonds. The number of nitrogens with two attached hydrogens (primary N) is 1. The predicted molar refractivity (Wildman–Crippen MR) is 145 cm³/mol. The molecule has 0 bridgehead atoms. The Kier molecular flexibility index (Phi) is 7.89. The van der Waals surface area contributed by atoms with Crippen LogP contribution in [0.3, 0.4) is 0 Å². The maximum Gasteiger partial charge on any atom is 0.269 e. The highest BCUT2D eigenvalue weighted by molar-refractivity contribution is 6.29. The summed E-state index contributed by atoms with van der Waals surface area (Å²) in [4.78, 5) is 56.3. The van der Waals surface area contributed by atoms with Gasteiger partial charge in [0.25, 0.3) is 5.91 Å². The van der Waals surface area contributed by atoms with Gasteiger partial charge in [-0.05, 0) is 68.1 Å². The Morgan fingerprint density at radius 2 is 1.97 bits per heavy atom. The fourth-order valence-corrected chi connectivity index (χ4v) is 5.15. The van der Waals surface area contributed by atoms with E-state index >= 15 is 0 Å². The van der Waals surface area contributed by atoms with Gasteiger partial charge in [-0.25, -0.2) is 4.98 Å². The Balaban J connectivity index is 1.30. The van der Waals surface area contributed by atoms with Crippen molar-refractivity contribution in [3.05, 3.63) is 52.8 Å². The van der Waals surface area contributed by atoms with Gasteiger partial charge >= 0.3 is 0 Å². The number of amides is 3. The second kappa shape index (κ2) is 11.5. The molecule has 1 saturated carbocycles. The number of carbonyl (C=O) groups is 4. The number of halogens is 1. The molecule has 12 heteroatoms. The maximum atomic E-state index is 13.3. The van der Waals surface area contributed by atoms with Gasteiger partial charge in [0.05, 0.1) is 5.52 Å². The summed E-state index contributed by atoms with van der Waals surface area (Å²) in [6.07, 6.45) is 3.36. The molecule has 1 aliphatic heterocycles. The van der Waals surface area contributed by atoms with Gasteiger partial charge in [-0.1, -0.05) is 23.7 Å². The fraction of sp³-hybridized carbons (Fsp3) is 0.407. The van der Waals surface area contributed by atoms with Crippen LogP contribution in [0.15, 0.2) is 36.4 Å². The molecule has 0 radical (unpaired) electrons. The molecule has 2 aromatic heterocycles. The normalized spacial score (nSPS) is 16.8. The van der Waals surface area contributed by atoms with Crippen molar-refractivity contribution in [2.24, 2.45) is 11.7 Å². The molecule has 1 unspecified atom stereocenters. The largest absolute Gasteiger partial charge is 0.364 e. The van der Waals surface area contributed by atoms with Gasteiger partial charge in [0.15, 0.2) is 5.69 Å². The molecule has 1 aliphatic carbocycles. The number of hydrogen-bond donors (Lipinski definition) is 3. The lowest BCUT2D eigenvalue weighted by Crippen LogP contribution is -2.41. The van der Waals surface area contributed by atoms with Crippen molar-refractivity contribution in [2.45, 2.75) is 44.7 Å². The van der Waals surface area contributed by atoms with Gasteiger partial charge in [-0.15, -0.1) is 0 Å². The average Bonchev–Trinajstić information content (AvgIpc) is 3.48. The van der Waals surface area contributed by atoms with Crippen molar-refractivity contribution in [3.8, 4) is 0 Å². The minimum atomic E-state index is -0.723. The van der Waals surface area contributed by atoms with Crippen molar-refractivity contribution < 1.29 is 19.2 Å². The summed E-state index contributed by atoms with van der Waals surface area (Å²) in [6.45, 7) is 1.47. The topological polar surface area (TPSA) is 152 Å². The summed E-state index contributed by atoms with van der Waals surface area (Å²) in [6, 6.07) is 10.1. The first-order valence-corrected chi connectivity index (χ1v) is 13.4. The summed E-state index contributed by atoms with van der Waals surface area (Å²) >= 11 is 5.89. The highest BCUT2D eigenvalue weighted by Gasteiger charge is 2.34. The molecule has 2 aliphatic rings. The first-order valence-electron chi connectivity index (χ1n) is 13.0. The number of nitrogens with zero attached hydrogens (tertiary/aromatic N) is 4. The van der Waals surface area contributed by atoms with Crippen LogP contribution >= 0.6 is 11.6 Å². The van der Waals surface area contributed by atoms with Crippen LogP contribution in [0.1, 0.15) is 41.7 Å². The van der Waals surface area contributed by atoms with Crippen LogP contribution in [0.25, 0.3) is 10.9 Å². The Morgan fingerprint density at radius 3 is 2.67 bits per heavy atom. The van der Waals surface area contributed by atoms with Crippen LogP contribution in [-0.4, -0.2) is 68.8 Å². The van der Waals surface area contributed by atoms with Crippen molar-refractivity contribution in [2.75, 3.05) is 25.0 Å². The number of rotatable bonds is 11. The number of ketones is 1. The highest BCUT2D eigenvalue weighted by atomic mass is 35.5. The van der Waals surface area contributed by atoms with Gasteiger partial charge in [-0.3, -0.25) is 23.9 Å². The van der Waals surface area contributed by atoms with Crippen molar-refractivity contribution >= 4 is 51.8 Å². The van der Waals surface area contributed by atoms with E-state index in [9.17, 15) is 19.2 Å². The van der Waals surface area contributed by atoms with Crippen LogP contribution in [0, 0.1) is 5.92 Å². The quantitative estimate of drug-likeness (QED) is 0.308. The van der Waals surface area contributed by atoms with E-state index in [4.69, 9.17) is 17.3 Å². The van der Waals surface area contributed by atoms with E-state index in [0.29, 0.717) is 29.1 Å². The lowest BCUT2D eigenvalue weighted by atomic mass is 9.97. The average molecular weight is 552 g/mol. The standard InChI is InChI=1S/C27H30ClN7O4/c28-22-2-1-3-23(31-22)32-24(37)14-34(18-5-6-18)25(38)15-35-21-7-4-16(12-20(21)26(33-35)27(29)39)10-19(36)11-17-8-9-30-13-17/h1-4,7,12,17-18,30H,5-6,8-11,13-15H2,(H2,29,39)(H,31,32,37). The van der Waals surface area contributed by atoms with E-state index in [0.717, 1.165) is 37.9 Å². The van der Waals surface area contributed by atoms with Crippen LogP contribution in [0.4, 0.5) is 5.82 Å². The summed E-state index contributed by atoms with van der Waals surface area (Å²) < 4.78 is 1.43. The van der Waals surface area contributed by atoms with E-state index in [1.807, 2.05) is 6.07 Å². The number of benzene rings is 1. The molecule has 5 rings (SSSR count). The van der Waals surface area contributed by atoms with Crippen molar-refractivity contribution in [1.82, 2.24) is 25.0 Å². The number of fused-ring (bicyclic) bond motifs is 1. The Morgan fingerprint density at radius 1 is 1.15 bits per heavy atom. The molecular formula is C27H30ClN7O4. The molecule has 0 spiro atoms. The zero-order valence-electron chi connectivity index (χ0n) is 21.4. The van der Waals surface area contributed by atoms with Crippen LogP contribution < -0.4 is 16.4 Å². The molecule has 1 saturated heterocycles. The minimum Gasteiger partial charge on any atom is -0.364 e. The molecule has 11 nitrogen and oxygen atoms in total. The van der Waals surface area contributed by atoms with Crippen molar-refractivity contribution in [3.63, 3.8) is 0 Å². The summed E-state index contributed by atoms with van der Waals surface area (Å²) in [5, 5.41) is 11.0. The zero-order chi connectivity index (χ0) is 27.5. The molecule has 4 N–H and O–H groups in total. The van der Waals surface area contributed by atoms with Gasteiger partial charge in [0, 0.05) is 24.3 Å². The molecular weight excluding hydrogens is 522 g/mol. The fourth-order valence-electron chi connectivity index (χ4n) is 4.99. The summed E-state index contributed by atoms with van der Waals surface area (Å²) in [7, 11) is 0. The maximum absolute atomic E-state index is 13.3. The second-order valence-corrected chi connectivity index (χ2v) is 10.5. The monoisotopic (exact) mass is 551 g/mol. The molecule has 2 fully saturated rings. The lowest BCUT2D eigenvalue weighted by molar-refractivity contribution is -0.135. The van der Waals surface area contributed by atoms with Gasteiger partial charge < -0.3 is 21.3 Å². The van der Waals surface area contributed by atoms with Crippen LogP contribution in [-0.2, 0) is 27.3 Å². The Bertz CT molecular complexity index is 1430. The molecule has 3 aromatic rings. The van der Waals surface area contributed by atoms with E-state index < -0.39 is 11.8 Å². The third kappa shape index (κ3) is 6.61. The third-order valence-electron chi connectivity index (χ3n) is 7.02. The predicted octanol–water partition coefficient (Wildman–Crippen LogP) is 1.92. The first kappa shape index (κ1) is 26.8. The number of primary amides is 1. The number of hydrogen-bond acceptors (Lipinski definition) is 7. The number of Topliss-reactive ketones (excluding diaryl/α,β-unsaturated/α-hetero) is 1. The molecule has 3 heterocycles. The number of anilines is 1. The van der Waals surface area contributed by atoms with Crippen molar-refractivity contribution in [1.29, 1.82) is 0 Å². The Hall–Kier alpha value is -3.83. The molecule has 204 valence electrons. The van der Waals surface area contributed by atoms with E-state index in [1.54, 1.807) is 30.3 Å². The number of pyridine rings is 1. The van der Waals surface area contributed by atoms with E-state index in [-0.39, 0.29) is 48.1 Å². The number of nitrogens with one attached hydrogen (secondary N) is 2. The minimum absolute atomic E-state index is 0.0369. The lowest BCUT2D eigenvalue weighted by Gasteiger charge is -2.22. The second-order valence-electron chi connectivity index (χ2n) is 10.1. The molecule has 39 heavy (non-hydrogen) atoms. The highest BCUT2D eigenvalue weighted by Crippen LogP contribution is 2.28. The van der Waals surface area contributed by atoms with Crippen LogP contribution in [0.2, 0.25) is 5.15 Å². The SMILES string of the molecule is NC(=O)c1nn(CC(=O)N(CC(=O)Nc2cccc(Cl)n2)C2CC2)c2ccc(CC(=O)CC3CCNC3)cc12. The first-order chi connectivity index (χ1) is 18.8. The zero-order valence-corrected chi connectivity index (χ0v) is 22.1. The summed E-state index contributed by atoms with van der Waals surface area (Å²) in [5.74, 6) is -0.632. The van der Waals surface area contributed by atoms with Gasteiger partial charge in [0.2, 0.25) is 11.8 Å². The van der Waals surface area contributed by atoms with E-state index in [2.05, 4.69) is 20.7 Å². The third-order valence-corrected chi connectivity index (χ3v) is 7.23. The van der Waals surface area contributed by atoms with Gasteiger partial charge in [0.1, 0.15) is 29.8 Å². The van der Waals surface area contributed by atoms with E-state index in [1.165, 1.54) is 9.58 Å². The van der Waals surface area contributed by atoms with Crippen LogP contribution in [0.5, 0.6) is 0 Å².